The summed E-state index contributed by atoms with van der Waals surface area (Å²) in [5.41, 5.74) is 1.05. The van der Waals surface area contributed by atoms with Gasteiger partial charge < -0.3 is 14.2 Å². The molecule has 1 heterocycles. The average Bonchev–Trinajstić information content (AvgIpc) is 3.00. The van der Waals surface area contributed by atoms with Crippen molar-refractivity contribution < 1.29 is 23.8 Å². The Bertz CT molecular complexity index is 592. The van der Waals surface area contributed by atoms with Crippen LogP contribution in [-0.4, -0.2) is 37.9 Å². The maximum absolute atomic E-state index is 12.7. The summed E-state index contributed by atoms with van der Waals surface area (Å²) in [6.45, 7) is 0.986. The molecule has 0 aromatic heterocycles. The minimum Gasteiger partial charge on any atom is -0.468 e. The van der Waals surface area contributed by atoms with E-state index < -0.39 is 17.7 Å². The highest BCUT2D eigenvalue weighted by Crippen LogP contribution is 2.41. The SMILES string of the molecule is COC(=O)C1CC2(CC(Cc3ccc(Br)cc3)C1=O)OCCO2. The Morgan fingerprint density at radius 1 is 1.26 bits per heavy atom. The van der Waals surface area contributed by atoms with Crippen molar-refractivity contribution in [3.8, 4) is 0 Å². The van der Waals surface area contributed by atoms with Gasteiger partial charge in [-0.3, -0.25) is 9.59 Å². The number of hydrogen-bond acceptors (Lipinski definition) is 5. The number of ether oxygens (including phenoxy) is 3. The Kier molecular flexibility index (Phi) is 4.85. The topological polar surface area (TPSA) is 61.8 Å². The van der Waals surface area contributed by atoms with Gasteiger partial charge >= 0.3 is 5.97 Å². The number of halogens is 1. The van der Waals surface area contributed by atoms with Crippen LogP contribution < -0.4 is 0 Å². The normalized spacial score (nSPS) is 26.4. The molecule has 0 radical (unpaired) electrons. The predicted molar refractivity (Wildman–Crippen MR) is 85.7 cm³/mol. The predicted octanol–water partition coefficient (Wildman–Crippen LogP) is 2.50. The van der Waals surface area contributed by atoms with E-state index in [1.54, 1.807) is 0 Å². The lowest BCUT2D eigenvalue weighted by atomic mass is 9.74. The van der Waals surface area contributed by atoms with E-state index in [2.05, 4.69) is 15.9 Å². The van der Waals surface area contributed by atoms with Gasteiger partial charge in [0.15, 0.2) is 11.6 Å². The molecule has 1 aliphatic carbocycles. The minimum absolute atomic E-state index is 0.0792. The van der Waals surface area contributed by atoms with Crippen molar-refractivity contribution in [2.24, 2.45) is 11.8 Å². The lowest BCUT2D eigenvalue weighted by Crippen LogP contribution is -2.48. The standard InChI is InChI=1S/C17H19BrO5/c1-21-16(20)14-10-17(22-6-7-23-17)9-12(15(14)19)8-11-2-4-13(18)5-3-11/h2-5,12,14H,6-10H2,1H3. The molecule has 1 saturated heterocycles. The highest BCUT2D eigenvalue weighted by Gasteiger charge is 2.51. The number of methoxy groups -OCH3 is 1. The summed E-state index contributed by atoms with van der Waals surface area (Å²) in [6.07, 6.45) is 1.29. The number of Topliss-reactive ketones (excluding diaryl/α,β-unsaturated/α-hetero) is 1. The third kappa shape index (κ3) is 3.49. The van der Waals surface area contributed by atoms with Gasteiger partial charge in [-0.15, -0.1) is 0 Å². The number of benzene rings is 1. The zero-order chi connectivity index (χ0) is 16.4. The molecular formula is C17H19BrO5. The van der Waals surface area contributed by atoms with Crippen LogP contribution in [0.2, 0.25) is 0 Å². The Labute approximate surface area is 143 Å². The molecule has 1 saturated carbocycles. The summed E-state index contributed by atoms with van der Waals surface area (Å²) in [7, 11) is 1.30. The Morgan fingerprint density at radius 2 is 1.91 bits per heavy atom. The van der Waals surface area contributed by atoms with E-state index in [0.29, 0.717) is 26.1 Å². The maximum atomic E-state index is 12.7. The average molecular weight is 383 g/mol. The molecule has 0 bridgehead atoms. The Balaban J connectivity index is 1.83. The number of ketones is 1. The molecule has 0 N–H and O–H groups in total. The van der Waals surface area contributed by atoms with Crippen molar-refractivity contribution >= 4 is 27.7 Å². The summed E-state index contributed by atoms with van der Waals surface area (Å²) in [6, 6.07) is 7.84. The first-order valence-electron chi connectivity index (χ1n) is 7.67. The molecule has 1 spiro atoms. The van der Waals surface area contributed by atoms with Crippen LogP contribution in [0.15, 0.2) is 28.7 Å². The van der Waals surface area contributed by atoms with Crippen molar-refractivity contribution in [2.75, 3.05) is 20.3 Å². The van der Waals surface area contributed by atoms with Crippen LogP contribution >= 0.6 is 15.9 Å². The van der Waals surface area contributed by atoms with Crippen LogP contribution in [0.3, 0.4) is 0 Å². The first-order chi connectivity index (χ1) is 11.0. The number of rotatable bonds is 3. The van der Waals surface area contributed by atoms with Crippen molar-refractivity contribution in [3.63, 3.8) is 0 Å². The summed E-state index contributed by atoms with van der Waals surface area (Å²) in [5, 5.41) is 0. The lowest BCUT2D eigenvalue weighted by Gasteiger charge is -2.38. The lowest BCUT2D eigenvalue weighted by molar-refractivity contribution is -0.203. The molecule has 5 nitrogen and oxygen atoms in total. The van der Waals surface area contributed by atoms with Gasteiger partial charge in [-0.25, -0.2) is 0 Å². The summed E-state index contributed by atoms with van der Waals surface area (Å²) in [5.74, 6) is -2.54. The fourth-order valence-electron chi connectivity index (χ4n) is 3.41. The van der Waals surface area contributed by atoms with E-state index in [1.807, 2.05) is 24.3 Å². The van der Waals surface area contributed by atoms with E-state index in [1.165, 1.54) is 7.11 Å². The van der Waals surface area contributed by atoms with Crippen LogP contribution in [0.4, 0.5) is 0 Å². The van der Waals surface area contributed by atoms with Crippen molar-refractivity contribution in [1.82, 2.24) is 0 Å². The van der Waals surface area contributed by atoms with Gasteiger partial charge in [0.05, 0.1) is 20.3 Å². The number of hydrogen-bond donors (Lipinski definition) is 0. The Morgan fingerprint density at radius 3 is 2.52 bits per heavy atom. The molecule has 124 valence electrons. The zero-order valence-electron chi connectivity index (χ0n) is 12.9. The van der Waals surface area contributed by atoms with Gasteiger partial charge in [0.25, 0.3) is 0 Å². The molecule has 1 aromatic rings. The smallest absolute Gasteiger partial charge is 0.316 e. The summed E-state index contributed by atoms with van der Waals surface area (Å²) >= 11 is 3.40. The molecule has 1 aromatic carbocycles. The third-order valence-corrected chi connectivity index (χ3v) is 5.04. The highest BCUT2D eigenvalue weighted by atomic mass is 79.9. The van der Waals surface area contributed by atoms with E-state index in [-0.39, 0.29) is 18.1 Å². The number of carbonyl (C=O) groups excluding carboxylic acids is 2. The van der Waals surface area contributed by atoms with Gasteiger partial charge in [-0.1, -0.05) is 28.1 Å². The molecule has 2 aliphatic rings. The van der Waals surface area contributed by atoms with Gasteiger partial charge in [0.2, 0.25) is 0 Å². The first kappa shape index (κ1) is 16.6. The van der Waals surface area contributed by atoms with Gasteiger partial charge in [-0.05, 0) is 24.1 Å². The monoisotopic (exact) mass is 382 g/mol. The van der Waals surface area contributed by atoms with Crippen LogP contribution in [0.5, 0.6) is 0 Å². The molecule has 2 atom stereocenters. The first-order valence-corrected chi connectivity index (χ1v) is 8.46. The van der Waals surface area contributed by atoms with E-state index in [9.17, 15) is 9.59 Å². The molecule has 3 rings (SSSR count). The largest absolute Gasteiger partial charge is 0.468 e. The van der Waals surface area contributed by atoms with E-state index in [4.69, 9.17) is 14.2 Å². The molecule has 0 amide bonds. The Hall–Kier alpha value is -1.24. The summed E-state index contributed by atoms with van der Waals surface area (Å²) < 4.78 is 17.3. The molecule has 23 heavy (non-hydrogen) atoms. The van der Waals surface area contributed by atoms with Crippen molar-refractivity contribution in [1.29, 1.82) is 0 Å². The number of esters is 1. The van der Waals surface area contributed by atoms with Gasteiger partial charge in [0.1, 0.15) is 5.92 Å². The van der Waals surface area contributed by atoms with Gasteiger partial charge in [-0.2, -0.15) is 0 Å². The third-order valence-electron chi connectivity index (χ3n) is 4.51. The molecule has 2 unspecified atom stereocenters. The molecule has 6 heteroatoms. The summed E-state index contributed by atoms with van der Waals surface area (Å²) in [4.78, 5) is 24.7. The fraction of sp³-hybridized carbons (Fsp3) is 0.529. The second-order valence-corrected chi connectivity index (χ2v) is 6.94. The molecule has 2 fully saturated rings. The van der Waals surface area contributed by atoms with Gasteiger partial charge in [0, 0.05) is 23.2 Å². The second kappa shape index (κ2) is 6.71. The fourth-order valence-corrected chi connectivity index (χ4v) is 3.67. The van der Waals surface area contributed by atoms with Crippen LogP contribution in [0.25, 0.3) is 0 Å². The van der Waals surface area contributed by atoms with Crippen LogP contribution in [0.1, 0.15) is 18.4 Å². The van der Waals surface area contributed by atoms with E-state index >= 15 is 0 Å². The maximum Gasteiger partial charge on any atom is 0.316 e. The van der Waals surface area contributed by atoms with Crippen LogP contribution in [0, 0.1) is 11.8 Å². The van der Waals surface area contributed by atoms with Crippen molar-refractivity contribution in [2.45, 2.75) is 25.0 Å². The van der Waals surface area contributed by atoms with Crippen LogP contribution in [-0.2, 0) is 30.2 Å². The molecule has 1 aliphatic heterocycles. The van der Waals surface area contributed by atoms with E-state index in [0.717, 1.165) is 10.0 Å². The highest BCUT2D eigenvalue weighted by molar-refractivity contribution is 9.10. The number of carbonyl (C=O) groups is 2. The van der Waals surface area contributed by atoms with Crippen molar-refractivity contribution in [3.05, 3.63) is 34.3 Å². The minimum atomic E-state index is -0.827. The zero-order valence-corrected chi connectivity index (χ0v) is 14.5. The quantitative estimate of drug-likeness (QED) is 0.593. The second-order valence-electron chi connectivity index (χ2n) is 6.02. The molecular weight excluding hydrogens is 364 g/mol.